The van der Waals surface area contributed by atoms with Crippen LogP contribution < -0.4 is 0 Å². The first-order valence-electron chi connectivity index (χ1n) is 4.10. The Balaban J connectivity index is 2.39. The van der Waals surface area contributed by atoms with Gasteiger partial charge < -0.3 is 14.6 Å². The van der Waals surface area contributed by atoms with Crippen molar-refractivity contribution in [3.05, 3.63) is 0 Å². The van der Waals surface area contributed by atoms with Crippen molar-refractivity contribution in [2.45, 2.75) is 38.6 Å². The number of rotatable bonds is 1. The van der Waals surface area contributed by atoms with Crippen LogP contribution >= 0.6 is 0 Å². The molecule has 0 amide bonds. The molecule has 1 rings (SSSR count). The Kier molecular flexibility index (Phi) is 3.30. The molecule has 66 valence electrons. The van der Waals surface area contributed by atoms with Gasteiger partial charge in [0.05, 0.1) is 25.4 Å². The SMILES string of the molecule is CC1CC(C)OC(CO)CO1. The highest BCUT2D eigenvalue weighted by molar-refractivity contribution is 4.67. The van der Waals surface area contributed by atoms with Gasteiger partial charge in [-0.25, -0.2) is 0 Å². The van der Waals surface area contributed by atoms with Crippen LogP contribution in [0.2, 0.25) is 0 Å². The second kappa shape index (κ2) is 4.04. The summed E-state index contributed by atoms with van der Waals surface area (Å²) in [5.41, 5.74) is 0. The predicted octanol–water partition coefficient (Wildman–Crippen LogP) is 0.561. The monoisotopic (exact) mass is 160 g/mol. The molecule has 0 aromatic carbocycles. The molecule has 1 fully saturated rings. The zero-order chi connectivity index (χ0) is 8.27. The molecule has 11 heavy (non-hydrogen) atoms. The highest BCUT2D eigenvalue weighted by Gasteiger charge is 2.20. The van der Waals surface area contributed by atoms with Gasteiger partial charge in [-0.05, 0) is 20.3 Å². The fourth-order valence-corrected chi connectivity index (χ4v) is 1.33. The van der Waals surface area contributed by atoms with Gasteiger partial charge in [0, 0.05) is 0 Å². The van der Waals surface area contributed by atoms with Gasteiger partial charge >= 0.3 is 0 Å². The Morgan fingerprint density at radius 1 is 1.36 bits per heavy atom. The van der Waals surface area contributed by atoms with Crippen LogP contribution in [-0.4, -0.2) is 36.6 Å². The van der Waals surface area contributed by atoms with E-state index in [4.69, 9.17) is 14.6 Å². The smallest absolute Gasteiger partial charge is 0.104 e. The summed E-state index contributed by atoms with van der Waals surface area (Å²) in [6.45, 7) is 4.60. The highest BCUT2D eigenvalue weighted by atomic mass is 16.6. The summed E-state index contributed by atoms with van der Waals surface area (Å²) in [6, 6.07) is 0. The third kappa shape index (κ3) is 2.77. The van der Waals surface area contributed by atoms with Gasteiger partial charge in [-0.3, -0.25) is 0 Å². The van der Waals surface area contributed by atoms with Crippen molar-refractivity contribution < 1.29 is 14.6 Å². The second-order valence-corrected chi connectivity index (χ2v) is 3.13. The quantitative estimate of drug-likeness (QED) is 0.609. The van der Waals surface area contributed by atoms with Crippen molar-refractivity contribution in [1.29, 1.82) is 0 Å². The van der Waals surface area contributed by atoms with Crippen molar-refractivity contribution in [2.75, 3.05) is 13.2 Å². The maximum atomic E-state index is 8.82. The van der Waals surface area contributed by atoms with Crippen LogP contribution in [0.25, 0.3) is 0 Å². The van der Waals surface area contributed by atoms with Crippen LogP contribution in [0.4, 0.5) is 0 Å². The van der Waals surface area contributed by atoms with E-state index in [1.165, 1.54) is 0 Å². The Hall–Kier alpha value is -0.120. The lowest BCUT2D eigenvalue weighted by Crippen LogP contribution is -2.24. The third-order valence-corrected chi connectivity index (χ3v) is 1.86. The Bertz CT molecular complexity index is 116. The molecule has 0 aliphatic carbocycles. The normalized spacial score (nSPS) is 40.1. The number of ether oxygens (including phenoxy) is 2. The molecule has 1 saturated heterocycles. The number of aliphatic hydroxyl groups is 1. The summed E-state index contributed by atoms with van der Waals surface area (Å²) in [6.07, 6.45) is 1.23. The van der Waals surface area contributed by atoms with E-state index in [2.05, 4.69) is 0 Å². The van der Waals surface area contributed by atoms with Crippen LogP contribution in [0.5, 0.6) is 0 Å². The average molecular weight is 160 g/mol. The van der Waals surface area contributed by atoms with E-state index in [1.54, 1.807) is 0 Å². The van der Waals surface area contributed by atoms with Crippen molar-refractivity contribution in [3.63, 3.8) is 0 Å². The zero-order valence-corrected chi connectivity index (χ0v) is 7.12. The van der Waals surface area contributed by atoms with Gasteiger partial charge in [0.2, 0.25) is 0 Å². The summed E-state index contributed by atoms with van der Waals surface area (Å²) in [5.74, 6) is 0. The van der Waals surface area contributed by atoms with Crippen molar-refractivity contribution >= 4 is 0 Å². The van der Waals surface area contributed by atoms with Gasteiger partial charge in [-0.15, -0.1) is 0 Å². The molecular weight excluding hydrogens is 144 g/mol. The first-order valence-corrected chi connectivity index (χ1v) is 4.10. The molecule has 0 bridgehead atoms. The van der Waals surface area contributed by atoms with E-state index in [1.807, 2.05) is 13.8 Å². The van der Waals surface area contributed by atoms with Gasteiger partial charge in [0.1, 0.15) is 6.10 Å². The van der Waals surface area contributed by atoms with Crippen LogP contribution in [0.15, 0.2) is 0 Å². The Morgan fingerprint density at radius 2 is 2.09 bits per heavy atom. The summed E-state index contributed by atoms with van der Waals surface area (Å²) >= 11 is 0. The number of hydrogen-bond acceptors (Lipinski definition) is 3. The fraction of sp³-hybridized carbons (Fsp3) is 1.00. The summed E-state index contributed by atoms with van der Waals surface area (Å²) in [7, 11) is 0. The molecule has 0 aromatic rings. The molecule has 0 radical (unpaired) electrons. The summed E-state index contributed by atoms with van der Waals surface area (Å²) in [5, 5.41) is 8.82. The third-order valence-electron chi connectivity index (χ3n) is 1.86. The molecule has 1 aliphatic heterocycles. The van der Waals surface area contributed by atoms with Crippen LogP contribution in [0, 0.1) is 0 Å². The Morgan fingerprint density at radius 3 is 2.73 bits per heavy atom. The molecule has 3 heteroatoms. The van der Waals surface area contributed by atoms with E-state index in [-0.39, 0.29) is 24.9 Å². The molecule has 0 aromatic heterocycles. The van der Waals surface area contributed by atoms with Gasteiger partial charge in [0.15, 0.2) is 0 Å². The van der Waals surface area contributed by atoms with Crippen molar-refractivity contribution in [1.82, 2.24) is 0 Å². The Labute approximate surface area is 67.3 Å². The molecule has 1 heterocycles. The lowest BCUT2D eigenvalue weighted by atomic mass is 10.2. The van der Waals surface area contributed by atoms with Gasteiger partial charge in [0.25, 0.3) is 0 Å². The van der Waals surface area contributed by atoms with E-state index in [0.717, 1.165) is 6.42 Å². The minimum atomic E-state index is -0.130. The molecule has 1 aliphatic rings. The first-order chi connectivity index (χ1) is 5.22. The predicted molar refractivity (Wildman–Crippen MR) is 41.5 cm³/mol. The zero-order valence-electron chi connectivity index (χ0n) is 7.12. The summed E-state index contributed by atoms with van der Waals surface area (Å²) < 4.78 is 10.8. The van der Waals surface area contributed by atoms with Crippen LogP contribution in [0.3, 0.4) is 0 Å². The average Bonchev–Trinajstić information content (AvgIpc) is 2.11. The van der Waals surface area contributed by atoms with Crippen LogP contribution in [-0.2, 0) is 9.47 Å². The molecule has 3 unspecified atom stereocenters. The molecule has 1 N–H and O–H groups in total. The standard InChI is InChI=1S/C8H16O3/c1-6-3-7(2)11-8(4-9)5-10-6/h6-9H,3-5H2,1-2H3. The van der Waals surface area contributed by atoms with E-state index in [0.29, 0.717) is 6.61 Å². The maximum absolute atomic E-state index is 8.82. The van der Waals surface area contributed by atoms with E-state index < -0.39 is 0 Å². The van der Waals surface area contributed by atoms with Gasteiger partial charge in [-0.1, -0.05) is 0 Å². The van der Waals surface area contributed by atoms with Crippen molar-refractivity contribution in [3.8, 4) is 0 Å². The summed E-state index contributed by atoms with van der Waals surface area (Å²) in [4.78, 5) is 0. The van der Waals surface area contributed by atoms with Gasteiger partial charge in [-0.2, -0.15) is 0 Å². The minimum Gasteiger partial charge on any atom is -0.394 e. The number of aliphatic hydroxyl groups excluding tert-OH is 1. The highest BCUT2D eigenvalue weighted by Crippen LogP contribution is 2.13. The van der Waals surface area contributed by atoms with E-state index >= 15 is 0 Å². The van der Waals surface area contributed by atoms with Crippen molar-refractivity contribution in [2.24, 2.45) is 0 Å². The molecule has 3 atom stereocenters. The molecule has 0 saturated carbocycles. The van der Waals surface area contributed by atoms with E-state index in [9.17, 15) is 0 Å². The maximum Gasteiger partial charge on any atom is 0.104 e. The first kappa shape index (κ1) is 8.97. The van der Waals surface area contributed by atoms with Crippen LogP contribution in [0.1, 0.15) is 20.3 Å². The molecular formula is C8H16O3. The lowest BCUT2D eigenvalue weighted by molar-refractivity contribution is -0.0419. The minimum absolute atomic E-state index is 0.0526. The second-order valence-electron chi connectivity index (χ2n) is 3.13. The fourth-order valence-electron chi connectivity index (χ4n) is 1.33. The molecule has 3 nitrogen and oxygen atoms in total. The largest absolute Gasteiger partial charge is 0.394 e. The molecule has 0 spiro atoms. The topological polar surface area (TPSA) is 38.7 Å². The lowest BCUT2D eigenvalue weighted by Gasteiger charge is -2.14. The number of hydrogen-bond donors (Lipinski definition) is 1.